The molecule has 1 heterocycles. The molecule has 0 aliphatic carbocycles. The van der Waals surface area contributed by atoms with Crippen LogP contribution < -0.4 is 0 Å². The van der Waals surface area contributed by atoms with Crippen LogP contribution in [0.2, 0.25) is 10.0 Å². The predicted octanol–water partition coefficient (Wildman–Crippen LogP) is 3.59. The molecule has 1 fully saturated rings. The van der Waals surface area contributed by atoms with Crippen LogP contribution in [0.5, 0.6) is 0 Å². The molecule has 3 unspecified atom stereocenters. The van der Waals surface area contributed by atoms with Gasteiger partial charge in [-0.1, -0.05) is 36.2 Å². The molecule has 1 aromatic rings. The Morgan fingerprint density at radius 2 is 2.26 bits per heavy atom. The van der Waals surface area contributed by atoms with Gasteiger partial charge in [0.25, 0.3) is 0 Å². The number of halogens is 2. The van der Waals surface area contributed by atoms with Crippen LogP contribution in [0.1, 0.15) is 24.8 Å². The van der Waals surface area contributed by atoms with E-state index in [0.717, 1.165) is 6.42 Å². The monoisotopic (exact) mass is 297 g/mol. The quantitative estimate of drug-likeness (QED) is 0.856. The molecule has 0 aromatic heterocycles. The molecule has 0 spiro atoms. The lowest BCUT2D eigenvalue weighted by molar-refractivity contribution is -0.129. The number of carbonyl (C=O) groups excluding carboxylic acids is 1. The Labute approximate surface area is 122 Å². The highest BCUT2D eigenvalue weighted by molar-refractivity contribution is 6.35. The fourth-order valence-electron chi connectivity index (χ4n) is 2.25. The third-order valence-electron chi connectivity index (χ3n) is 3.35. The van der Waals surface area contributed by atoms with Crippen LogP contribution in [0.4, 0.5) is 0 Å². The molecular formula is C14H13Cl2NO2. The maximum atomic E-state index is 12.4. The molecule has 5 heteroatoms. The van der Waals surface area contributed by atoms with E-state index in [-0.39, 0.29) is 11.7 Å². The number of benzene rings is 1. The van der Waals surface area contributed by atoms with Gasteiger partial charge in [-0.15, -0.1) is 0 Å². The number of hydrogen-bond donors (Lipinski definition) is 0. The van der Waals surface area contributed by atoms with Crippen LogP contribution in [-0.4, -0.2) is 18.5 Å². The molecule has 100 valence electrons. The van der Waals surface area contributed by atoms with E-state index in [1.807, 2.05) is 13.0 Å². The van der Waals surface area contributed by atoms with Gasteiger partial charge in [-0.3, -0.25) is 4.79 Å². The first-order valence-corrected chi connectivity index (χ1v) is 6.80. The summed E-state index contributed by atoms with van der Waals surface area (Å²) in [7, 11) is 0. The standard InChI is InChI=1S/C14H13Cl2NO2/c1-8-4-5-19-14(8)13(18)11(7-17)10-3-2-9(15)6-12(10)16/h2-3,6,8,11,14H,4-5H2,1H3. The van der Waals surface area contributed by atoms with E-state index in [1.165, 1.54) is 6.07 Å². The third-order valence-corrected chi connectivity index (χ3v) is 3.92. The molecule has 0 bridgehead atoms. The van der Waals surface area contributed by atoms with Crippen molar-refractivity contribution in [3.8, 4) is 6.07 Å². The molecule has 3 atom stereocenters. The van der Waals surface area contributed by atoms with E-state index >= 15 is 0 Å². The minimum Gasteiger partial charge on any atom is -0.370 e. The summed E-state index contributed by atoms with van der Waals surface area (Å²) in [5, 5.41) is 10.1. The van der Waals surface area contributed by atoms with Crippen LogP contribution in [0.15, 0.2) is 18.2 Å². The van der Waals surface area contributed by atoms with Gasteiger partial charge in [-0.05, 0) is 30.0 Å². The lowest BCUT2D eigenvalue weighted by Crippen LogP contribution is -2.30. The van der Waals surface area contributed by atoms with E-state index in [4.69, 9.17) is 27.9 Å². The Morgan fingerprint density at radius 1 is 1.53 bits per heavy atom. The summed E-state index contributed by atoms with van der Waals surface area (Å²) in [5.41, 5.74) is 0.487. The molecule has 3 nitrogen and oxygen atoms in total. The molecule has 1 saturated heterocycles. The van der Waals surface area contributed by atoms with Crippen molar-refractivity contribution in [3.05, 3.63) is 33.8 Å². The van der Waals surface area contributed by atoms with Gasteiger partial charge >= 0.3 is 0 Å². The molecule has 1 aliphatic heterocycles. The number of nitrogens with zero attached hydrogens (tertiary/aromatic N) is 1. The zero-order chi connectivity index (χ0) is 14.0. The van der Waals surface area contributed by atoms with Gasteiger partial charge in [0, 0.05) is 16.7 Å². The van der Waals surface area contributed by atoms with Crippen molar-refractivity contribution in [2.45, 2.75) is 25.4 Å². The highest BCUT2D eigenvalue weighted by atomic mass is 35.5. The molecule has 0 N–H and O–H groups in total. The lowest BCUT2D eigenvalue weighted by Gasteiger charge is -2.17. The molecule has 1 aromatic carbocycles. The Bertz CT molecular complexity index is 539. The number of nitriles is 1. The molecule has 0 saturated carbocycles. The predicted molar refractivity (Wildman–Crippen MR) is 73.3 cm³/mol. The second kappa shape index (κ2) is 5.92. The van der Waals surface area contributed by atoms with E-state index in [2.05, 4.69) is 0 Å². The van der Waals surface area contributed by atoms with E-state index < -0.39 is 12.0 Å². The lowest BCUT2D eigenvalue weighted by atomic mass is 9.88. The maximum Gasteiger partial charge on any atom is 0.183 e. The summed E-state index contributed by atoms with van der Waals surface area (Å²) in [6, 6.07) is 6.80. The Kier molecular flexibility index (Phi) is 4.46. The molecule has 0 amide bonds. The fraction of sp³-hybridized carbons (Fsp3) is 0.429. The average Bonchev–Trinajstić information content (AvgIpc) is 2.78. The zero-order valence-corrected chi connectivity index (χ0v) is 11.9. The molecule has 0 radical (unpaired) electrons. The number of Topliss-reactive ketones (excluding diaryl/α,β-unsaturated/α-hetero) is 1. The van der Waals surface area contributed by atoms with Crippen molar-refractivity contribution in [3.63, 3.8) is 0 Å². The number of carbonyl (C=O) groups is 1. The topological polar surface area (TPSA) is 50.1 Å². The van der Waals surface area contributed by atoms with Crippen molar-refractivity contribution in [1.82, 2.24) is 0 Å². The summed E-state index contributed by atoms with van der Waals surface area (Å²) in [5.74, 6) is -0.999. The van der Waals surface area contributed by atoms with Crippen LogP contribution in [0, 0.1) is 17.2 Å². The van der Waals surface area contributed by atoms with Gasteiger partial charge in [-0.2, -0.15) is 5.26 Å². The Morgan fingerprint density at radius 3 is 2.79 bits per heavy atom. The summed E-state index contributed by atoms with van der Waals surface area (Å²) in [6.45, 7) is 2.51. The van der Waals surface area contributed by atoms with E-state index in [0.29, 0.717) is 22.2 Å². The van der Waals surface area contributed by atoms with E-state index in [1.54, 1.807) is 12.1 Å². The van der Waals surface area contributed by atoms with Crippen LogP contribution in [0.3, 0.4) is 0 Å². The largest absolute Gasteiger partial charge is 0.370 e. The van der Waals surface area contributed by atoms with Gasteiger partial charge in [0.05, 0.1) is 6.07 Å². The van der Waals surface area contributed by atoms with Crippen LogP contribution in [0.25, 0.3) is 0 Å². The zero-order valence-electron chi connectivity index (χ0n) is 10.4. The first kappa shape index (κ1) is 14.3. The van der Waals surface area contributed by atoms with Gasteiger partial charge in [0.15, 0.2) is 5.78 Å². The third kappa shape index (κ3) is 2.92. The molecule has 2 rings (SSSR count). The van der Waals surface area contributed by atoms with Crippen LogP contribution >= 0.6 is 23.2 Å². The summed E-state index contributed by atoms with van der Waals surface area (Å²) in [4.78, 5) is 12.4. The summed E-state index contributed by atoms with van der Waals surface area (Å²) in [6.07, 6.45) is 0.319. The number of hydrogen-bond acceptors (Lipinski definition) is 3. The second-order valence-corrected chi connectivity index (χ2v) is 5.53. The minimum absolute atomic E-state index is 0.134. The highest BCUT2D eigenvalue weighted by Gasteiger charge is 2.36. The Hall–Kier alpha value is -1.08. The van der Waals surface area contributed by atoms with Crippen molar-refractivity contribution in [2.24, 2.45) is 5.92 Å². The summed E-state index contributed by atoms with van der Waals surface area (Å²) < 4.78 is 5.43. The Balaban J connectivity index is 2.29. The normalized spacial score (nSPS) is 23.9. The average molecular weight is 298 g/mol. The molecule has 19 heavy (non-hydrogen) atoms. The van der Waals surface area contributed by atoms with Gasteiger partial charge in [0.1, 0.15) is 12.0 Å². The van der Waals surface area contributed by atoms with Gasteiger partial charge < -0.3 is 4.74 Å². The van der Waals surface area contributed by atoms with Crippen molar-refractivity contribution in [1.29, 1.82) is 5.26 Å². The highest BCUT2D eigenvalue weighted by Crippen LogP contribution is 2.32. The second-order valence-electron chi connectivity index (χ2n) is 4.69. The first-order chi connectivity index (χ1) is 9.04. The summed E-state index contributed by atoms with van der Waals surface area (Å²) >= 11 is 11.9. The molecular weight excluding hydrogens is 285 g/mol. The SMILES string of the molecule is CC1CCOC1C(=O)C(C#N)c1ccc(Cl)cc1Cl. The van der Waals surface area contributed by atoms with Crippen molar-refractivity contribution < 1.29 is 9.53 Å². The van der Waals surface area contributed by atoms with Gasteiger partial charge in [-0.25, -0.2) is 0 Å². The maximum absolute atomic E-state index is 12.4. The van der Waals surface area contributed by atoms with Crippen molar-refractivity contribution >= 4 is 29.0 Å². The van der Waals surface area contributed by atoms with Crippen molar-refractivity contribution in [2.75, 3.05) is 6.61 Å². The van der Waals surface area contributed by atoms with Gasteiger partial charge in [0.2, 0.25) is 0 Å². The number of rotatable bonds is 3. The smallest absolute Gasteiger partial charge is 0.183 e. The number of ether oxygens (including phenoxy) is 1. The fourth-order valence-corrected chi connectivity index (χ4v) is 2.76. The van der Waals surface area contributed by atoms with E-state index in [9.17, 15) is 10.1 Å². The first-order valence-electron chi connectivity index (χ1n) is 6.04. The van der Waals surface area contributed by atoms with Crippen LogP contribution in [-0.2, 0) is 9.53 Å². The minimum atomic E-state index is -0.907. The number of ketones is 1. The molecule has 1 aliphatic rings.